The molecular weight excluding hydrogens is 400 g/mol. The first-order chi connectivity index (χ1) is 14.7. The fraction of sp³-hybridized carbons (Fsp3) is 0.318. The Bertz CT molecular complexity index is 1080. The lowest BCUT2D eigenvalue weighted by molar-refractivity contribution is -0.129. The number of hydrogen-bond acceptors (Lipinski definition) is 6. The summed E-state index contributed by atoms with van der Waals surface area (Å²) in [6.07, 6.45) is 0.572. The smallest absolute Gasteiger partial charge is 0.233 e. The highest BCUT2D eigenvalue weighted by Crippen LogP contribution is 2.35. The summed E-state index contributed by atoms with van der Waals surface area (Å²) >= 11 is 1.40. The van der Waals surface area contributed by atoms with Gasteiger partial charge >= 0.3 is 0 Å². The minimum Gasteiger partial charge on any atom is -0.485 e. The van der Waals surface area contributed by atoms with Gasteiger partial charge in [-0.2, -0.15) is 0 Å². The maximum absolute atomic E-state index is 12.7. The Morgan fingerprint density at radius 1 is 1.10 bits per heavy atom. The molecule has 2 aromatic carbocycles. The van der Waals surface area contributed by atoms with Crippen LogP contribution in [0.25, 0.3) is 0 Å². The van der Waals surface area contributed by atoms with Crippen molar-refractivity contribution in [2.75, 3.05) is 18.9 Å². The number of benzene rings is 2. The maximum atomic E-state index is 12.7. The Labute approximate surface area is 179 Å². The van der Waals surface area contributed by atoms with E-state index >= 15 is 0 Å². The average Bonchev–Trinajstić information content (AvgIpc) is 3.17. The van der Waals surface area contributed by atoms with Gasteiger partial charge in [0.15, 0.2) is 28.6 Å². The lowest BCUT2D eigenvalue weighted by Crippen LogP contribution is -2.37. The molecule has 0 bridgehead atoms. The summed E-state index contributed by atoms with van der Waals surface area (Å²) in [4.78, 5) is 14.7. The molecule has 1 aromatic heterocycles. The molecule has 30 heavy (non-hydrogen) atoms. The second kappa shape index (κ2) is 8.02. The van der Waals surface area contributed by atoms with Gasteiger partial charge in [-0.05, 0) is 29.7 Å². The number of fused-ring (bicyclic) bond motifs is 2. The first kappa shape index (κ1) is 19.0. The lowest BCUT2D eigenvalue weighted by Gasteiger charge is -2.28. The van der Waals surface area contributed by atoms with Crippen LogP contribution in [0.1, 0.15) is 23.1 Å². The fourth-order valence-corrected chi connectivity index (χ4v) is 4.63. The molecule has 7 nitrogen and oxygen atoms in total. The zero-order chi connectivity index (χ0) is 20.5. The third kappa shape index (κ3) is 3.63. The van der Waals surface area contributed by atoms with Gasteiger partial charge < -0.3 is 18.9 Å². The molecular formula is C22H22N4O3S. The van der Waals surface area contributed by atoms with E-state index in [2.05, 4.69) is 28.4 Å². The third-order valence-corrected chi connectivity index (χ3v) is 6.48. The van der Waals surface area contributed by atoms with Gasteiger partial charge in [0.05, 0.1) is 5.75 Å². The zero-order valence-electron chi connectivity index (χ0n) is 16.7. The Morgan fingerprint density at radius 2 is 1.87 bits per heavy atom. The van der Waals surface area contributed by atoms with Crippen molar-refractivity contribution in [2.45, 2.75) is 24.2 Å². The van der Waals surface area contributed by atoms with Crippen molar-refractivity contribution in [3.63, 3.8) is 0 Å². The number of ether oxygens (including phenoxy) is 2. The number of rotatable bonds is 4. The predicted molar refractivity (Wildman–Crippen MR) is 113 cm³/mol. The highest BCUT2D eigenvalue weighted by molar-refractivity contribution is 7.99. The quantitative estimate of drug-likeness (QED) is 0.602. The summed E-state index contributed by atoms with van der Waals surface area (Å²) in [6, 6.07) is 15.9. The van der Waals surface area contributed by atoms with Crippen LogP contribution < -0.4 is 9.47 Å². The molecule has 0 fully saturated rings. The van der Waals surface area contributed by atoms with Gasteiger partial charge in [-0.15, -0.1) is 10.2 Å². The SMILES string of the molecule is Cn1c(SCC(=O)N2CCc3ccccc3C2)nnc1C1COc2ccccc2O1. The van der Waals surface area contributed by atoms with Crippen molar-refractivity contribution >= 4 is 17.7 Å². The molecule has 0 saturated heterocycles. The van der Waals surface area contributed by atoms with Crippen molar-refractivity contribution in [3.05, 3.63) is 65.5 Å². The van der Waals surface area contributed by atoms with Gasteiger partial charge in [-0.25, -0.2) is 0 Å². The highest BCUT2D eigenvalue weighted by Gasteiger charge is 2.28. The minimum atomic E-state index is -0.332. The van der Waals surface area contributed by atoms with E-state index in [1.165, 1.54) is 22.9 Å². The number of hydrogen-bond donors (Lipinski definition) is 0. The summed E-state index contributed by atoms with van der Waals surface area (Å²) in [5, 5.41) is 9.26. The Hall–Kier alpha value is -3.00. The van der Waals surface area contributed by atoms with Gasteiger partial charge in [-0.1, -0.05) is 48.2 Å². The van der Waals surface area contributed by atoms with E-state index in [0.29, 0.717) is 35.6 Å². The lowest BCUT2D eigenvalue weighted by atomic mass is 10.00. The van der Waals surface area contributed by atoms with E-state index < -0.39 is 0 Å². The summed E-state index contributed by atoms with van der Waals surface area (Å²) in [5.74, 6) is 2.57. The van der Waals surface area contributed by atoms with Crippen molar-refractivity contribution in [1.29, 1.82) is 0 Å². The standard InChI is InChI=1S/C22H22N4O3S/c1-25-21(19-13-28-17-8-4-5-9-18(17)29-19)23-24-22(25)30-14-20(27)26-11-10-15-6-2-3-7-16(15)12-26/h2-9,19H,10-14H2,1H3. The first-order valence-electron chi connectivity index (χ1n) is 9.94. The van der Waals surface area contributed by atoms with Crippen LogP contribution in [0.3, 0.4) is 0 Å². The van der Waals surface area contributed by atoms with Gasteiger partial charge in [-0.3, -0.25) is 4.79 Å². The molecule has 1 unspecified atom stereocenters. The highest BCUT2D eigenvalue weighted by atomic mass is 32.2. The molecule has 2 aliphatic heterocycles. The van der Waals surface area contributed by atoms with Gasteiger partial charge in [0.2, 0.25) is 5.91 Å². The number of amides is 1. The van der Waals surface area contributed by atoms with Crippen LogP contribution in [-0.4, -0.2) is 44.5 Å². The number of carbonyl (C=O) groups excluding carboxylic acids is 1. The monoisotopic (exact) mass is 422 g/mol. The number of para-hydroxylation sites is 2. The van der Waals surface area contributed by atoms with Gasteiger partial charge in [0.25, 0.3) is 0 Å². The molecule has 5 rings (SSSR count). The summed E-state index contributed by atoms with van der Waals surface area (Å²) in [5.41, 5.74) is 2.57. The van der Waals surface area contributed by atoms with Crippen molar-refractivity contribution in [2.24, 2.45) is 7.05 Å². The summed E-state index contributed by atoms with van der Waals surface area (Å²) in [6.45, 7) is 1.80. The predicted octanol–water partition coefficient (Wildman–Crippen LogP) is 3.00. The number of nitrogens with zero attached hydrogens (tertiary/aromatic N) is 4. The Morgan fingerprint density at radius 3 is 2.73 bits per heavy atom. The van der Waals surface area contributed by atoms with E-state index in [0.717, 1.165) is 18.7 Å². The molecule has 0 aliphatic carbocycles. The molecule has 1 atom stereocenters. The number of aromatic nitrogens is 3. The Balaban J connectivity index is 1.22. The normalized spacial score (nSPS) is 17.5. The van der Waals surface area contributed by atoms with Crippen LogP contribution in [0.15, 0.2) is 53.7 Å². The van der Waals surface area contributed by atoms with Gasteiger partial charge in [0.1, 0.15) is 6.61 Å². The largest absolute Gasteiger partial charge is 0.485 e. The summed E-state index contributed by atoms with van der Waals surface area (Å²) < 4.78 is 13.7. The molecule has 3 heterocycles. The van der Waals surface area contributed by atoms with Crippen molar-refractivity contribution in [1.82, 2.24) is 19.7 Å². The molecule has 1 amide bonds. The molecule has 0 spiro atoms. The molecule has 0 radical (unpaired) electrons. The first-order valence-corrected chi connectivity index (χ1v) is 10.9. The second-order valence-corrected chi connectivity index (χ2v) is 8.33. The van der Waals surface area contributed by atoms with Crippen LogP contribution in [0.5, 0.6) is 11.5 Å². The van der Waals surface area contributed by atoms with E-state index in [1.54, 1.807) is 0 Å². The average molecular weight is 423 g/mol. The molecule has 2 aliphatic rings. The molecule has 0 saturated carbocycles. The number of thioether (sulfide) groups is 1. The van der Waals surface area contributed by atoms with Crippen molar-refractivity contribution < 1.29 is 14.3 Å². The van der Waals surface area contributed by atoms with E-state index in [-0.39, 0.29) is 12.0 Å². The molecule has 8 heteroatoms. The van der Waals surface area contributed by atoms with Crippen LogP contribution in [0, 0.1) is 0 Å². The van der Waals surface area contributed by atoms with Crippen molar-refractivity contribution in [3.8, 4) is 11.5 Å². The van der Waals surface area contributed by atoms with E-state index in [1.807, 2.05) is 46.8 Å². The second-order valence-electron chi connectivity index (χ2n) is 7.39. The summed E-state index contributed by atoms with van der Waals surface area (Å²) in [7, 11) is 1.89. The third-order valence-electron chi connectivity index (χ3n) is 5.47. The molecule has 3 aromatic rings. The maximum Gasteiger partial charge on any atom is 0.233 e. The van der Waals surface area contributed by atoms with E-state index in [4.69, 9.17) is 9.47 Å². The van der Waals surface area contributed by atoms with Gasteiger partial charge in [0, 0.05) is 20.1 Å². The van der Waals surface area contributed by atoms with Crippen LogP contribution >= 0.6 is 11.8 Å². The Kier molecular flexibility index (Phi) is 5.08. The van der Waals surface area contributed by atoms with E-state index in [9.17, 15) is 4.79 Å². The molecule has 0 N–H and O–H groups in total. The topological polar surface area (TPSA) is 69.5 Å². The minimum absolute atomic E-state index is 0.116. The zero-order valence-corrected chi connectivity index (χ0v) is 17.5. The van der Waals surface area contributed by atoms with Crippen LogP contribution in [-0.2, 0) is 24.8 Å². The van der Waals surface area contributed by atoms with Crippen LogP contribution in [0.2, 0.25) is 0 Å². The fourth-order valence-electron chi connectivity index (χ4n) is 3.81. The molecule has 154 valence electrons. The van der Waals surface area contributed by atoms with Crippen LogP contribution in [0.4, 0.5) is 0 Å². The number of carbonyl (C=O) groups is 1.